The van der Waals surface area contributed by atoms with Gasteiger partial charge in [0, 0.05) is 37.4 Å². The van der Waals surface area contributed by atoms with E-state index in [2.05, 4.69) is 18.2 Å². The molecule has 12 heteroatoms. The van der Waals surface area contributed by atoms with Crippen molar-refractivity contribution < 1.29 is 32.3 Å². The van der Waals surface area contributed by atoms with Crippen LogP contribution in [0.5, 0.6) is 0 Å². The van der Waals surface area contributed by atoms with Gasteiger partial charge in [-0.2, -0.15) is 0 Å². The Hall–Kier alpha value is -3.40. The van der Waals surface area contributed by atoms with Crippen LogP contribution in [0.1, 0.15) is 15.9 Å². The monoisotopic (exact) mass is 744 g/mol. The minimum absolute atomic E-state index is 0. The molecular formula is C31H19F8OS2Sb. The van der Waals surface area contributed by atoms with Crippen LogP contribution in [0.15, 0.2) is 130 Å². The normalized spacial score (nSPS) is 12.2. The molecule has 1 nitrogen and oxygen atoms in total. The van der Waals surface area contributed by atoms with Crippen molar-refractivity contribution >= 4 is 68.5 Å². The number of fused-ring (bicyclic) bond motifs is 3. The maximum absolute atomic E-state index is 13.7. The molecule has 43 heavy (non-hydrogen) atoms. The summed E-state index contributed by atoms with van der Waals surface area (Å²) in [5.74, 6) is -0.599. The van der Waals surface area contributed by atoms with E-state index in [4.69, 9.17) is 0 Å². The number of benzene rings is 5. The molecule has 6 aromatic rings. The second-order valence-electron chi connectivity index (χ2n) is 9.02. The number of hydrogen-bond acceptors (Lipinski definition) is 2. The van der Waals surface area contributed by atoms with Gasteiger partial charge >= 0.3 is 34.4 Å². The summed E-state index contributed by atoms with van der Waals surface area (Å²) in [7, 11) is -0.554. The topological polar surface area (TPSA) is 17.1 Å². The first-order chi connectivity index (χ1) is 19.8. The molecular weight excluding hydrogens is 726 g/mol. The van der Waals surface area contributed by atoms with Crippen molar-refractivity contribution in [2.24, 2.45) is 0 Å². The first-order valence-electron chi connectivity index (χ1n) is 12.2. The Morgan fingerprint density at radius 3 is 1.51 bits per heavy atom. The van der Waals surface area contributed by atoms with Crippen LogP contribution in [0.3, 0.4) is 0 Å². The molecule has 0 atom stereocenters. The maximum atomic E-state index is 13.7. The van der Waals surface area contributed by atoms with E-state index in [1.807, 2.05) is 48.5 Å². The van der Waals surface area contributed by atoms with Gasteiger partial charge in [-0.3, -0.25) is 4.79 Å². The molecule has 0 aliphatic carbocycles. The molecule has 0 unspecified atom stereocenters. The molecule has 6 rings (SSSR count). The zero-order valence-electron chi connectivity index (χ0n) is 21.7. The number of rotatable bonds is 5. The van der Waals surface area contributed by atoms with Crippen LogP contribution in [-0.2, 0) is 10.9 Å². The SMILES string of the molecule is O=C(c1ccccc1)c1ccc2sc3ccc([S+](c4ccc(F)cc4)c4ccc(F)cc4)cc3c2c1.[F-].[F][Sb]([F])([F])([F])[F]. The molecule has 0 spiro atoms. The summed E-state index contributed by atoms with van der Waals surface area (Å²) < 4.78 is 79.2. The first kappa shape index (κ1) is 32.5. The molecule has 0 amide bonds. The first-order valence-corrected chi connectivity index (χ1v) is 19.1. The van der Waals surface area contributed by atoms with Crippen molar-refractivity contribution in [3.8, 4) is 0 Å². The van der Waals surface area contributed by atoms with Crippen LogP contribution >= 0.6 is 11.3 Å². The third kappa shape index (κ3) is 8.37. The molecule has 1 aromatic heterocycles. The Morgan fingerprint density at radius 1 is 0.558 bits per heavy atom. The van der Waals surface area contributed by atoms with Gasteiger partial charge in [0.05, 0.1) is 10.9 Å². The van der Waals surface area contributed by atoms with Crippen LogP contribution in [-0.4, -0.2) is 26.1 Å². The molecule has 0 saturated heterocycles. The predicted molar refractivity (Wildman–Crippen MR) is 155 cm³/mol. The molecule has 0 radical (unpaired) electrons. The molecule has 0 aliphatic rings. The van der Waals surface area contributed by atoms with Crippen molar-refractivity contribution in [1.82, 2.24) is 0 Å². The quantitative estimate of drug-likeness (QED) is 0.0780. The summed E-state index contributed by atoms with van der Waals surface area (Å²) >= 11 is -7.50. The average Bonchev–Trinajstić information content (AvgIpc) is 3.31. The molecule has 0 fully saturated rings. The summed E-state index contributed by atoms with van der Waals surface area (Å²) in [6.45, 7) is 0. The van der Waals surface area contributed by atoms with Gasteiger partial charge in [0.2, 0.25) is 0 Å². The van der Waals surface area contributed by atoms with E-state index in [-0.39, 0.29) is 22.1 Å². The number of carbonyl (C=O) groups is 1. The summed E-state index contributed by atoms with van der Waals surface area (Å²) in [5, 5.41) is 2.09. The van der Waals surface area contributed by atoms with Gasteiger partial charge in [0.25, 0.3) is 0 Å². The summed E-state index contributed by atoms with van der Waals surface area (Å²) in [6.07, 6.45) is 0. The Bertz CT molecular complexity index is 1820. The van der Waals surface area contributed by atoms with E-state index < -0.39 is 31.2 Å². The number of halogens is 8. The van der Waals surface area contributed by atoms with E-state index in [0.717, 1.165) is 34.9 Å². The zero-order valence-corrected chi connectivity index (χ0v) is 25.9. The van der Waals surface area contributed by atoms with E-state index in [9.17, 15) is 27.6 Å². The summed E-state index contributed by atoms with van der Waals surface area (Å²) in [4.78, 5) is 16.0. The predicted octanol–water partition coefficient (Wildman–Crippen LogP) is 7.38. The van der Waals surface area contributed by atoms with Crippen molar-refractivity contribution in [3.63, 3.8) is 0 Å². The fourth-order valence-electron chi connectivity index (χ4n) is 4.33. The Morgan fingerprint density at radius 2 is 1.00 bits per heavy atom. The Labute approximate surface area is 252 Å². The zero-order chi connectivity index (χ0) is 30.1. The third-order valence-electron chi connectivity index (χ3n) is 6.07. The van der Waals surface area contributed by atoms with E-state index in [1.54, 1.807) is 35.6 Å². The van der Waals surface area contributed by atoms with Gasteiger partial charge in [0.1, 0.15) is 11.6 Å². The number of hydrogen-bond donors (Lipinski definition) is 0. The van der Waals surface area contributed by atoms with Gasteiger partial charge in [-0.1, -0.05) is 30.3 Å². The minimum atomic E-state index is -9.19. The molecule has 0 saturated carbocycles. The van der Waals surface area contributed by atoms with Crippen LogP contribution in [0.25, 0.3) is 20.2 Å². The number of carbonyl (C=O) groups excluding carboxylic acids is 1. The molecule has 1 heterocycles. The molecule has 0 N–H and O–H groups in total. The van der Waals surface area contributed by atoms with E-state index >= 15 is 0 Å². The average molecular weight is 745 g/mol. The number of thiophene rings is 1. The van der Waals surface area contributed by atoms with Crippen molar-refractivity contribution in [2.75, 3.05) is 0 Å². The van der Waals surface area contributed by atoms with Crippen molar-refractivity contribution in [3.05, 3.63) is 138 Å². The van der Waals surface area contributed by atoms with Gasteiger partial charge in [-0.05, 0) is 78.9 Å². The Kier molecular flexibility index (Phi) is 9.59. The van der Waals surface area contributed by atoms with Crippen LogP contribution in [0, 0.1) is 11.6 Å². The second-order valence-corrected chi connectivity index (χ2v) is 15.8. The van der Waals surface area contributed by atoms with E-state index in [1.165, 1.54) is 24.3 Å². The van der Waals surface area contributed by atoms with Gasteiger partial charge < -0.3 is 4.70 Å². The third-order valence-corrected chi connectivity index (χ3v) is 9.44. The van der Waals surface area contributed by atoms with Crippen molar-refractivity contribution in [2.45, 2.75) is 14.7 Å². The van der Waals surface area contributed by atoms with Crippen LogP contribution < -0.4 is 4.70 Å². The number of ketones is 1. The van der Waals surface area contributed by atoms with Gasteiger partial charge in [-0.25, -0.2) is 8.78 Å². The molecule has 5 aromatic carbocycles. The van der Waals surface area contributed by atoms with Crippen LogP contribution in [0.4, 0.5) is 22.8 Å². The van der Waals surface area contributed by atoms with Gasteiger partial charge in [0.15, 0.2) is 20.5 Å². The fraction of sp³-hybridized carbons (Fsp3) is 0. The molecule has 0 aliphatic heterocycles. The van der Waals surface area contributed by atoms with Gasteiger partial charge in [-0.15, -0.1) is 11.3 Å². The summed E-state index contributed by atoms with van der Waals surface area (Å²) in [6, 6.07) is 34.5. The summed E-state index contributed by atoms with van der Waals surface area (Å²) in [5.41, 5.74) is 1.31. The fourth-order valence-corrected chi connectivity index (χ4v) is 7.47. The molecule has 0 bridgehead atoms. The van der Waals surface area contributed by atoms with Crippen molar-refractivity contribution in [1.29, 1.82) is 0 Å². The van der Waals surface area contributed by atoms with Crippen LogP contribution in [0.2, 0.25) is 0 Å². The standard InChI is InChI=1S/C31H19F2OS2.6FH.Sb/c32-22-7-11-24(12-8-22)36(25-13-9-23(33)10-14-25)26-15-17-30-28(19-26)27-18-21(6-16-29(27)35-30)31(34)20-4-2-1-3-5-20;;;;;;;/h1-19H;6*1H;/q+1;;;;;;;+5/p-6. The second kappa shape index (κ2) is 12.7. The Balaban J connectivity index is 0.000000551. The van der Waals surface area contributed by atoms with E-state index in [0.29, 0.717) is 11.1 Å². The molecule has 222 valence electrons.